The molecule has 0 fully saturated rings. The van der Waals surface area contributed by atoms with E-state index in [1.165, 1.54) is 0 Å². The summed E-state index contributed by atoms with van der Waals surface area (Å²) < 4.78 is 12.6. The molecular formula is C23H20BrClN2O3. The smallest absolute Gasteiger partial charge is 0.271 e. The molecule has 0 spiro atoms. The lowest BCUT2D eigenvalue weighted by atomic mass is 10.2. The van der Waals surface area contributed by atoms with Gasteiger partial charge in [0.25, 0.3) is 5.91 Å². The van der Waals surface area contributed by atoms with Crippen LogP contribution in [0.4, 0.5) is 0 Å². The number of nitrogens with one attached hydrogen (secondary N) is 1. The van der Waals surface area contributed by atoms with Crippen molar-refractivity contribution in [2.24, 2.45) is 5.10 Å². The van der Waals surface area contributed by atoms with Crippen LogP contribution in [-0.2, 0) is 6.61 Å². The van der Waals surface area contributed by atoms with Crippen LogP contribution in [0, 0.1) is 0 Å². The third kappa shape index (κ3) is 6.34. The van der Waals surface area contributed by atoms with E-state index in [-0.39, 0.29) is 5.91 Å². The largest absolute Gasteiger partial charge is 0.490 e. The number of nitrogens with zero attached hydrogens (tertiary/aromatic N) is 1. The fourth-order valence-corrected chi connectivity index (χ4v) is 2.96. The lowest BCUT2D eigenvalue weighted by molar-refractivity contribution is 0.0955. The highest BCUT2D eigenvalue weighted by molar-refractivity contribution is 9.10. The van der Waals surface area contributed by atoms with Crippen molar-refractivity contribution in [3.63, 3.8) is 0 Å². The maximum atomic E-state index is 12.1. The number of benzene rings is 3. The minimum atomic E-state index is -0.317. The molecule has 0 atom stereocenters. The summed E-state index contributed by atoms with van der Waals surface area (Å²) in [6.07, 6.45) is 1.55. The predicted octanol–water partition coefficient (Wildman–Crippen LogP) is 5.84. The van der Waals surface area contributed by atoms with Gasteiger partial charge in [-0.2, -0.15) is 5.10 Å². The van der Waals surface area contributed by atoms with Gasteiger partial charge in [-0.25, -0.2) is 5.43 Å². The molecule has 0 heterocycles. The molecule has 30 heavy (non-hydrogen) atoms. The summed E-state index contributed by atoms with van der Waals surface area (Å²) in [5.41, 5.74) is 4.79. The number of hydrogen-bond donors (Lipinski definition) is 1. The minimum absolute atomic E-state index is 0.317. The third-order valence-corrected chi connectivity index (χ3v) is 4.84. The van der Waals surface area contributed by atoms with E-state index in [1.807, 2.05) is 49.4 Å². The molecule has 0 bridgehead atoms. The van der Waals surface area contributed by atoms with E-state index in [0.717, 1.165) is 15.6 Å². The SMILES string of the molecule is CCOc1cc(/C=N/NC(=O)c2ccc(Cl)cc2)ccc1OCc1ccc(Br)cc1. The van der Waals surface area contributed by atoms with E-state index < -0.39 is 0 Å². The third-order valence-electron chi connectivity index (χ3n) is 4.06. The molecule has 0 aliphatic rings. The van der Waals surface area contributed by atoms with Crippen LogP contribution < -0.4 is 14.9 Å². The molecule has 154 valence electrons. The first-order chi connectivity index (χ1) is 14.5. The van der Waals surface area contributed by atoms with Crippen LogP contribution in [-0.4, -0.2) is 18.7 Å². The van der Waals surface area contributed by atoms with Crippen molar-refractivity contribution in [1.29, 1.82) is 0 Å². The topological polar surface area (TPSA) is 59.9 Å². The standard InChI is InChI=1S/C23H20BrClN2O3/c1-2-29-22-13-17(14-26-27-23(28)18-6-10-20(25)11-7-18)5-12-21(22)30-15-16-3-8-19(24)9-4-16/h3-14H,2,15H2,1H3,(H,27,28)/b26-14+. The molecule has 0 saturated carbocycles. The van der Waals surface area contributed by atoms with Gasteiger partial charge in [-0.3, -0.25) is 4.79 Å². The molecule has 1 N–H and O–H groups in total. The summed E-state index contributed by atoms with van der Waals surface area (Å²) in [4.78, 5) is 12.1. The Hall–Kier alpha value is -2.83. The molecule has 0 saturated heterocycles. The van der Waals surface area contributed by atoms with Gasteiger partial charge < -0.3 is 9.47 Å². The number of halogens is 2. The van der Waals surface area contributed by atoms with Crippen molar-refractivity contribution < 1.29 is 14.3 Å². The van der Waals surface area contributed by atoms with Gasteiger partial charge in [0.2, 0.25) is 0 Å². The number of hydrazone groups is 1. The maximum absolute atomic E-state index is 12.1. The highest BCUT2D eigenvalue weighted by Gasteiger charge is 2.07. The average molecular weight is 488 g/mol. The summed E-state index contributed by atoms with van der Waals surface area (Å²) in [6.45, 7) is 2.84. The fraction of sp³-hybridized carbons (Fsp3) is 0.130. The van der Waals surface area contributed by atoms with Crippen LogP contribution in [0.2, 0.25) is 5.02 Å². The zero-order valence-corrected chi connectivity index (χ0v) is 18.6. The first-order valence-corrected chi connectivity index (χ1v) is 10.5. The molecule has 3 aromatic rings. The van der Waals surface area contributed by atoms with E-state index in [1.54, 1.807) is 30.5 Å². The molecule has 0 aliphatic carbocycles. The number of hydrogen-bond acceptors (Lipinski definition) is 4. The molecule has 3 rings (SSSR count). The van der Waals surface area contributed by atoms with Gasteiger partial charge in [0.1, 0.15) is 6.61 Å². The quantitative estimate of drug-likeness (QED) is 0.320. The highest BCUT2D eigenvalue weighted by Crippen LogP contribution is 2.29. The Morgan fingerprint density at radius 2 is 1.77 bits per heavy atom. The van der Waals surface area contributed by atoms with Gasteiger partial charge in [0.15, 0.2) is 11.5 Å². The summed E-state index contributed by atoms with van der Waals surface area (Å²) in [5, 5.41) is 4.59. The minimum Gasteiger partial charge on any atom is -0.490 e. The fourth-order valence-electron chi connectivity index (χ4n) is 2.57. The van der Waals surface area contributed by atoms with Crippen LogP contribution in [0.1, 0.15) is 28.4 Å². The Morgan fingerprint density at radius 3 is 2.47 bits per heavy atom. The zero-order valence-electron chi connectivity index (χ0n) is 16.3. The average Bonchev–Trinajstić information content (AvgIpc) is 2.75. The Kier molecular flexibility index (Phi) is 7.88. The monoisotopic (exact) mass is 486 g/mol. The molecule has 0 aliphatic heterocycles. The Morgan fingerprint density at radius 1 is 1.03 bits per heavy atom. The Balaban J connectivity index is 1.64. The number of amides is 1. The second kappa shape index (κ2) is 10.8. The molecule has 3 aromatic carbocycles. The number of ether oxygens (including phenoxy) is 2. The normalized spacial score (nSPS) is 10.8. The van der Waals surface area contributed by atoms with Crippen molar-refractivity contribution in [1.82, 2.24) is 5.43 Å². The first kappa shape index (κ1) is 21.9. The van der Waals surface area contributed by atoms with Gasteiger partial charge in [0.05, 0.1) is 12.8 Å². The molecular weight excluding hydrogens is 468 g/mol. The molecule has 0 unspecified atom stereocenters. The van der Waals surface area contributed by atoms with Crippen molar-refractivity contribution in [2.45, 2.75) is 13.5 Å². The maximum Gasteiger partial charge on any atom is 0.271 e. The first-order valence-electron chi connectivity index (χ1n) is 9.28. The van der Waals surface area contributed by atoms with Crippen molar-refractivity contribution in [2.75, 3.05) is 6.61 Å². The molecule has 0 radical (unpaired) electrons. The predicted molar refractivity (Wildman–Crippen MR) is 123 cm³/mol. The van der Waals surface area contributed by atoms with Crippen LogP contribution in [0.25, 0.3) is 0 Å². The Bertz CT molecular complexity index is 1020. The summed E-state index contributed by atoms with van der Waals surface area (Å²) >= 11 is 9.25. The lowest BCUT2D eigenvalue weighted by Gasteiger charge is -2.12. The zero-order chi connectivity index (χ0) is 21.3. The number of carbonyl (C=O) groups excluding carboxylic acids is 1. The van der Waals surface area contributed by atoms with E-state index >= 15 is 0 Å². The van der Waals surface area contributed by atoms with Crippen LogP contribution in [0.15, 0.2) is 76.3 Å². The van der Waals surface area contributed by atoms with Gasteiger partial charge >= 0.3 is 0 Å². The van der Waals surface area contributed by atoms with Gasteiger partial charge in [0, 0.05) is 15.1 Å². The van der Waals surface area contributed by atoms with E-state index in [4.69, 9.17) is 21.1 Å². The van der Waals surface area contributed by atoms with Crippen LogP contribution in [0.5, 0.6) is 11.5 Å². The van der Waals surface area contributed by atoms with E-state index in [0.29, 0.717) is 35.3 Å². The van der Waals surface area contributed by atoms with Crippen LogP contribution >= 0.6 is 27.5 Å². The number of carbonyl (C=O) groups is 1. The van der Waals surface area contributed by atoms with Crippen molar-refractivity contribution in [3.05, 3.63) is 92.9 Å². The van der Waals surface area contributed by atoms with Gasteiger partial charge in [-0.05, 0) is 72.6 Å². The van der Waals surface area contributed by atoms with E-state index in [2.05, 4.69) is 26.5 Å². The summed E-state index contributed by atoms with van der Waals surface area (Å²) in [6, 6.07) is 20.0. The Labute approximate surface area is 188 Å². The molecule has 5 nitrogen and oxygen atoms in total. The highest BCUT2D eigenvalue weighted by atomic mass is 79.9. The van der Waals surface area contributed by atoms with Gasteiger partial charge in [-0.15, -0.1) is 0 Å². The second-order valence-electron chi connectivity index (χ2n) is 6.26. The summed E-state index contributed by atoms with van der Waals surface area (Å²) in [5.74, 6) is 0.937. The van der Waals surface area contributed by atoms with Crippen LogP contribution in [0.3, 0.4) is 0 Å². The van der Waals surface area contributed by atoms with Gasteiger partial charge in [-0.1, -0.05) is 39.7 Å². The molecule has 1 amide bonds. The summed E-state index contributed by atoms with van der Waals surface area (Å²) in [7, 11) is 0. The lowest BCUT2D eigenvalue weighted by Crippen LogP contribution is -2.17. The van der Waals surface area contributed by atoms with Crippen molar-refractivity contribution >= 4 is 39.7 Å². The second-order valence-corrected chi connectivity index (χ2v) is 7.61. The molecule has 0 aromatic heterocycles. The molecule has 7 heteroatoms. The van der Waals surface area contributed by atoms with Crippen molar-refractivity contribution in [3.8, 4) is 11.5 Å². The van der Waals surface area contributed by atoms with E-state index in [9.17, 15) is 4.79 Å². The number of rotatable bonds is 8.